The molecule has 1 aliphatic rings. The van der Waals surface area contributed by atoms with Crippen molar-refractivity contribution in [1.29, 1.82) is 0 Å². The molecule has 0 radical (unpaired) electrons. The molecule has 0 saturated carbocycles. The summed E-state index contributed by atoms with van der Waals surface area (Å²) in [6, 6.07) is 13.7. The molecule has 2 amide bonds. The maximum absolute atomic E-state index is 14.5. The number of nitro benzene ring substituents is 1. The molecule has 4 aromatic rings. The van der Waals surface area contributed by atoms with Crippen LogP contribution in [0.15, 0.2) is 59.1 Å². The van der Waals surface area contributed by atoms with Gasteiger partial charge in [-0.25, -0.2) is 4.39 Å². The SMILES string of the molecule is COc1cccc(-c2noc(C)c2C(=O)N2CCN(c3cc(NC(=O)c4ccc(N(C)C)c(F)c4)c([N+](=O)[O-])cc3Cl)CC2)c1. The van der Waals surface area contributed by atoms with Gasteiger partial charge in [-0.3, -0.25) is 19.7 Å². The van der Waals surface area contributed by atoms with Gasteiger partial charge < -0.3 is 29.3 Å². The standard InChI is InChI=1S/C31H30ClFN6O6/c1-18-28(29(35-45-18)19-6-5-7-21(14-19)44-4)31(41)38-12-10-37(11-13-38)26-17-24(27(39(42)43)16-22(26)32)34-30(40)20-8-9-25(36(2)3)23(33)15-20/h5-9,14-17H,10-13H2,1-4H3,(H,34,40). The fourth-order valence-electron chi connectivity index (χ4n) is 5.15. The summed E-state index contributed by atoms with van der Waals surface area (Å²) in [6.07, 6.45) is 0. The number of methoxy groups -OCH3 is 1. The number of hydrogen-bond acceptors (Lipinski definition) is 9. The summed E-state index contributed by atoms with van der Waals surface area (Å²) in [5.41, 5.74) is 1.66. The van der Waals surface area contributed by atoms with Crippen LogP contribution in [0.4, 0.5) is 27.1 Å². The molecule has 0 bridgehead atoms. The van der Waals surface area contributed by atoms with Gasteiger partial charge in [-0.1, -0.05) is 28.9 Å². The van der Waals surface area contributed by atoms with Crippen molar-refractivity contribution in [3.63, 3.8) is 0 Å². The molecular weight excluding hydrogens is 607 g/mol. The fourth-order valence-corrected chi connectivity index (χ4v) is 5.43. The van der Waals surface area contributed by atoms with Crippen LogP contribution in [0.25, 0.3) is 11.3 Å². The molecule has 1 N–H and O–H groups in total. The zero-order valence-corrected chi connectivity index (χ0v) is 25.7. The van der Waals surface area contributed by atoms with E-state index in [0.29, 0.717) is 65.9 Å². The van der Waals surface area contributed by atoms with Crippen molar-refractivity contribution in [2.45, 2.75) is 6.92 Å². The van der Waals surface area contributed by atoms with E-state index in [0.717, 1.165) is 6.07 Å². The second-order valence-electron chi connectivity index (χ2n) is 10.6. The van der Waals surface area contributed by atoms with Crippen LogP contribution in [0.5, 0.6) is 5.75 Å². The molecule has 1 aromatic heterocycles. The summed E-state index contributed by atoms with van der Waals surface area (Å²) in [5.74, 6) is -0.577. The molecule has 5 rings (SSSR count). The van der Waals surface area contributed by atoms with E-state index < -0.39 is 22.3 Å². The molecule has 0 unspecified atom stereocenters. The Morgan fingerprint density at radius 2 is 1.84 bits per heavy atom. The molecule has 45 heavy (non-hydrogen) atoms. The molecule has 0 atom stereocenters. The number of ether oxygens (including phenoxy) is 1. The minimum Gasteiger partial charge on any atom is -0.497 e. The van der Waals surface area contributed by atoms with Crippen molar-refractivity contribution in [3.8, 4) is 17.0 Å². The largest absolute Gasteiger partial charge is 0.497 e. The van der Waals surface area contributed by atoms with Gasteiger partial charge in [-0.05, 0) is 43.3 Å². The van der Waals surface area contributed by atoms with Gasteiger partial charge in [-0.2, -0.15) is 0 Å². The van der Waals surface area contributed by atoms with Gasteiger partial charge in [0.15, 0.2) is 0 Å². The molecule has 1 saturated heterocycles. The van der Waals surface area contributed by atoms with Crippen LogP contribution in [-0.2, 0) is 0 Å². The van der Waals surface area contributed by atoms with Crippen LogP contribution in [-0.4, -0.2) is 74.2 Å². The van der Waals surface area contributed by atoms with Crippen LogP contribution < -0.4 is 19.9 Å². The van der Waals surface area contributed by atoms with Crippen LogP contribution in [0.1, 0.15) is 26.5 Å². The van der Waals surface area contributed by atoms with E-state index >= 15 is 0 Å². The lowest BCUT2D eigenvalue weighted by molar-refractivity contribution is -0.383. The van der Waals surface area contributed by atoms with Crippen molar-refractivity contribution < 1.29 is 28.2 Å². The maximum Gasteiger partial charge on any atom is 0.294 e. The first kappa shape index (κ1) is 31.3. The number of hydrogen-bond donors (Lipinski definition) is 1. The molecule has 3 aromatic carbocycles. The zero-order chi connectivity index (χ0) is 32.4. The number of anilines is 3. The number of nitrogens with zero attached hydrogens (tertiary/aromatic N) is 5. The summed E-state index contributed by atoms with van der Waals surface area (Å²) < 4.78 is 25.2. The van der Waals surface area contributed by atoms with Gasteiger partial charge in [0.2, 0.25) is 0 Å². The molecule has 234 valence electrons. The normalized spacial score (nSPS) is 13.0. The van der Waals surface area contributed by atoms with E-state index in [1.165, 1.54) is 24.3 Å². The van der Waals surface area contributed by atoms with Crippen LogP contribution in [0, 0.1) is 22.9 Å². The van der Waals surface area contributed by atoms with Crippen molar-refractivity contribution in [2.24, 2.45) is 0 Å². The Hall–Kier alpha value is -5.17. The Balaban J connectivity index is 1.34. The Morgan fingerprint density at radius 1 is 1.11 bits per heavy atom. The van der Waals surface area contributed by atoms with E-state index in [4.69, 9.17) is 20.9 Å². The van der Waals surface area contributed by atoms with Gasteiger partial charge in [-0.15, -0.1) is 0 Å². The summed E-state index contributed by atoms with van der Waals surface area (Å²) >= 11 is 6.49. The van der Waals surface area contributed by atoms with Gasteiger partial charge in [0.25, 0.3) is 17.5 Å². The Bertz CT molecular complexity index is 1790. The first-order valence-electron chi connectivity index (χ1n) is 13.9. The molecule has 14 heteroatoms. The number of aryl methyl sites for hydroxylation is 1. The van der Waals surface area contributed by atoms with Gasteiger partial charge >= 0.3 is 0 Å². The van der Waals surface area contributed by atoms with Crippen LogP contribution in [0.3, 0.4) is 0 Å². The predicted molar refractivity (Wildman–Crippen MR) is 168 cm³/mol. The monoisotopic (exact) mass is 636 g/mol. The minimum absolute atomic E-state index is 0.00614. The highest BCUT2D eigenvalue weighted by molar-refractivity contribution is 6.33. The molecule has 1 aliphatic heterocycles. The maximum atomic E-state index is 14.5. The van der Waals surface area contributed by atoms with Crippen molar-refractivity contribution in [1.82, 2.24) is 10.1 Å². The second-order valence-corrected chi connectivity index (χ2v) is 11.0. The number of piperazine rings is 1. The lowest BCUT2D eigenvalue weighted by Gasteiger charge is -2.36. The third kappa shape index (κ3) is 6.38. The Labute approximate surface area is 263 Å². The molecular formula is C31H30ClFN6O6. The lowest BCUT2D eigenvalue weighted by Crippen LogP contribution is -2.49. The third-order valence-corrected chi connectivity index (χ3v) is 7.83. The summed E-state index contributed by atoms with van der Waals surface area (Å²) in [6.45, 7) is 3.01. The van der Waals surface area contributed by atoms with Crippen molar-refractivity contribution in [3.05, 3.63) is 92.4 Å². The minimum atomic E-state index is -0.720. The highest BCUT2D eigenvalue weighted by Gasteiger charge is 2.30. The van der Waals surface area contributed by atoms with E-state index in [1.54, 1.807) is 56.1 Å². The molecule has 1 fully saturated rings. The molecule has 12 nitrogen and oxygen atoms in total. The zero-order valence-electron chi connectivity index (χ0n) is 25.0. The second kappa shape index (κ2) is 12.8. The number of benzene rings is 3. The lowest BCUT2D eigenvalue weighted by atomic mass is 10.0. The summed E-state index contributed by atoms with van der Waals surface area (Å²) in [4.78, 5) is 42.9. The number of carbonyl (C=O) groups excluding carboxylic acids is 2. The molecule has 0 aliphatic carbocycles. The smallest absolute Gasteiger partial charge is 0.294 e. The van der Waals surface area contributed by atoms with E-state index in [9.17, 15) is 24.1 Å². The van der Waals surface area contributed by atoms with E-state index in [1.807, 2.05) is 11.0 Å². The number of rotatable bonds is 8. The highest BCUT2D eigenvalue weighted by Crippen LogP contribution is 2.38. The number of nitro groups is 1. The van der Waals surface area contributed by atoms with Gasteiger partial charge in [0, 0.05) is 57.5 Å². The number of amides is 2. The predicted octanol–water partition coefficient (Wildman–Crippen LogP) is 5.64. The first-order chi connectivity index (χ1) is 21.5. The van der Waals surface area contributed by atoms with Crippen molar-refractivity contribution in [2.75, 3.05) is 62.5 Å². The van der Waals surface area contributed by atoms with Crippen LogP contribution >= 0.6 is 11.6 Å². The van der Waals surface area contributed by atoms with Gasteiger partial charge in [0.1, 0.15) is 34.3 Å². The number of nitrogens with one attached hydrogen (secondary N) is 1. The van der Waals surface area contributed by atoms with E-state index in [2.05, 4.69) is 10.5 Å². The van der Waals surface area contributed by atoms with Crippen molar-refractivity contribution >= 4 is 46.2 Å². The number of carbonyl (C=O) groups is 2. The Kier molecular flexibility index (Phi) is 8.91. The number of aromatic nitrogens is 1. The molecule has 0 spiro atoms. The average molecular weight is 637 g/mol. The summed E-state index contributed by atoms with van der Waals surface area (Å²) in [7, 11) is 4.89. The quantitative estimate of drug-likeness (QED) is 0.193. The van der Waals surface area contributed by atoms with E-state index in [-0.39, 0.29) is 22.2 Å². The summed E-state index contributed by atoms with van der Waals surface area (Å²) in [5, 5.41) is 18.6. The van der Waals surface area contributed by atoms with Gasteiger partial charge in [0.05, 0.1) is 28.4 Å². The highest BCUT2D eigenvalue weighted by atomic mass is 35.5. The number of halogens is 2. The third-order valence-electron chi connectivity index (χ3n) is 7.53. The molecule has 2 heterocycles. The fraction of sp³-hybridized carbons (Fsp3) is 0.258. The van der Waals surface area contributed by atoms with Crippen LogP contribution in [0.2, 0.25) is 5.02 Å². The topological polar surface area (TPSA) is 134 Å². The Morgan fingerprint density at radius 3 is 2.49 bits per heavy atom. The first-order valence-corrected chi connectivity index (χ1v) is 14.3. The average Bonchev–Trinajstić information content (AvgIpc) is 3.42.